The van der Waals surface area contributed by atoms with E-state index >= 15 is 0 Å². The van der Waals surface area contributed by atoms with E-state index in [1.165, 1.54) is 13.0 Å². The molecule has 0 aliphatic carbocycles. The number of halogens is 1. The summed E-state index contributed by atoms with van der Waals surface area (Å²) in [5, 5.41) is 0.538. The molecule has 0 radical (unpaired) electrons. The molecule has 0 amide bonds. The van der Waals surface area contributed by atoms with Crippen LogP contribution in [0, 0.1) is 0 Å². The van der Waals surface area contributed by atoms with E-state index in [1.807, 2.05) is 18.2 Å². The minimum absolute atomic E-state index is 0.286. The summed E-state index contributed by atoms with van der Waals surface area (Å²) in [6, 6.07) is 13.7. The molecule has 124 valence electrons. The Bertz CT molecular complexity index is 750. The first kappa shape index (κ1) is 17.8. The number of hydrogen-bond acceptors (Lipinski definition) is 4. The van der Waals surface area contributed by atoms with Gasteiger partial charge in [0.1, 0.15) is 5.75 Å². The Balaban J connectivity index is 1.99. The van der Waals surface area contributed by atoms with E-state index in [2.05, 4.69) is 0 Å². The number of ether oxygens (including phenoxy) is 2. The van der Waals surface area contributed by atoms with Gasteiger partial charge in [-0.2, -0.15) is 0 Å². The fourth-order valence-corrected chi connectivity index (χ4v) is 2.20. The first-order valence-corrected chi connectivity index (χ1v) is 7.70. The van der Waals surface area contributed by atoms with Crippen molar-refractivity contribution < 1.29 is 19.1 Å². The van der Waals surface area contributed by atoms with Gasteiger partial charge in [0.05, 0.1) is 7.11 Å². The van der Waals surface area contributed by atoms with Crippen molar-refractivity contribution in [2.24, 2.45) is 0 Å². The van der Waals surface area contributed by atoms with Gasteiger partial charge >= 0.3 is 5.97 Å². The summed E-state index contributed by atoms with van der Waals surface area (Å²) in [6.45, 7) is 1.53. The first-order chi connectivity index (χ1) is 11.5. The number of esters is 1. The molecule has 5 heteroatoms. The van der Waals surface area contributed by atoms with Gasteiger partial charge < -0.3 is 9.47 Å². The molecular weight excluding hydrogens is 328 g/mol. The average Bonchev–Trinajstić information content (AvgIpc) is 2.60. The lowest BCUT2D eigenvalue weighted by Gasteiger charge is -2.11. The van der Waals surface area contributed by atoms with Crippen LogP contribution in [-0.4, -0.2) is 25.0 Å². The Morgan fingerprint density at radius 2 is 1.75 bits per heavy atom. The van der Waals surface area contributed by atoms with Crippen molar-refractivity contribution in [1.82, 2.24) is 0 Å². The van der Waals surface area contributed by atoms with Gasteiger partial charge in [0.15, 0.2) is 6.10 Å². The number of methoxy groups -OCH3 is 1. The lowest BCUT2D eigenvalue weighted by atomic mass is 10.1. The number of benzene rings is 2. The van der Waals surface area contributed by atoms with Crippen molar-refractivity contribution in [2.45, 2.75) is 13.0 Å². The summed E-state index contributed by atoms with van der Waals surface area (Å²) in [5.41, 5.74) is 1.18. The molecule has 1 atom stereocenters. The predicted octanol–water partition coefficient (Wildman–Crippen LogP) is 4.18. The molecule has 0 aromatic heterocycles. The number of rotatable bonds is 6. The lowest BCUT2D eigenvalue weighted by molar-refractivity contribution is -0.140. The van der Waals surface area contributed by atoms with Gasteiger partial charge in [0, 0.05) is 22.2 Å². The Hall–Kier alpha value is -2.59. The Morgan fingerprint density at radius 1 is 1.08 bits per heavy atom. The van der Waals surface area contributed by atoms with Crippen LogP contribution in [0.25, 0.3) is 6.08 Å². The van der Waals surface area contributed by atoms with Crippen LogP contribution >= 0.6 is 11.6 Å². The van der Waals surface area contributed by atoms with E-state index in [9.17, 15) is 9.59 Å². The normalized spacial score (nSPS) is 12.0. The lowest BCUT2D eigenvalue weighted by Crippen LogP contribution is -2.23. The number of ketones is 1. The van der Waals surface area contributed by atoms with Crippen LogP contribution in [0.2, 0.25) is 5.02 Å². The summed E-state index contributed by atoms with van der Waals surface area (Å²) >= 11 is 5.79. The van der Waals surface area contributed by atoms with Crippen molar-refractivity contribution in [3.63, 3.8) is 0 Å². The van der Waals surface area contributed by atoms with Crippen molar-refractivity contribution in [3.8, 4) is 5.75 Å². The van der Waals surface area contributed by atoms with E-state index in [-0.39, 0.29) is 5.78 Å². The molecule has 2 rings (SSSR count). The van der Waals surface area contributed by atoms with Crippen LogP contribution < -0.4 is 4.74 Å². The molecule has 0 aliphatic heterocycles. The van der Waals surface area contributed by atoms with Gasteiger partial charge in [-0.05, 0) is 43.3 Å². The van der Waals surface area contributed by atoms with Crippen molar-refractivity contribution in [2.75, 3.05) is 7.11 Å². The van der Waals surface area contributed by atoms with Crippen LogP contribution in [0.1, 0.15) is 22.8 Å². The van der Waals surface area contributed by atoms with Gasteiger partial charge in [-0.15, -0.1) is 0 Å². The second-order valence-corrected chi connectivity index (χ2v) is 5.46. The minimum atomic E-state index is -0.888. The zero-order valence-electron chi connectivity index (χ0n) is 13.4. The highest BCUT2D eigenvalue weighted by Gasteiger charge is 2.18. The summed E-state index contributed by atoms with van der Waals surface area (Å²) in [6.07, 6.45) is 1.96. The largest absolute Gasteiger partial charge is 0.496 e. The molecule has 0 fully saturated rings. The van der Waals surface area contributed by atoms with Gasteiger partial charge in [0.25, 0.3) is 0 Å². The van der Waals surface area contributed by atoms with Gasteiger partial charge in [-0.25, -0.2) is 4.79 Å². The topological polar surface area (TPSA) is 52.6 Å². The third-order valence-electron chi connectivity index (χ3n) is 3.33. The predicted molar refractivity (Wildman–Crippen MR) is 93.4 cm³/mol. The molecule has 0 bridgehead atoms. The quantitative estimate of drug-likeness (QED) is 0.448. The number of hydrogen-bond donors (Lipinski definition) is 0. The van der Waals surface area contributed by atoms with Gasteiger partial charge in [-0.3, -0.25) is 4.79 Å². The third-order valence-corrected chi connectivity index (χ3v) is 3.58. The van der Waals surface area contributed by atoms with E-state index in [4.69, 9.17) is 21.1 Å². The molecule has 0 aliphatic rings. The molecule has 0 unspecified atom stereocenters. The number of Topliss-reactive ketones (excluding diaryl/α,β-unsaturated/α-hetero) is 1. The van der Waals surface area contributed by atoms with Crippen LogP contribution in [0.15, 0.2) is 54.6 Å². The zero-order valence-corrected chi connectivity index (χ0v) is 14.1. The summed E-state index contributed by atoms with van der Waals surface area (Å²) in [4.78, 5) is 24.1. The number of carbonyl (C=O) groups is 2. The molecule has 2 aromatic rings. The molecule has 0 heterocycles. The molecule has 0 saturated carbocycles. The molecule has 0 spiro atoms. The van der Waals surface area contributed by atoms with Crippen LogP contribution in [-0.2, 0) is 9.53 Å². The average molecular weight is 345 g/mol. The molecular formula is C19H17ClO4. The standard InChI is InChI=1S/C19H17ClO4/c1-13(19(22)15-7-10-16(20)11-8-15)24-18(21)12-9-14-5-3-4-6-17(14)23-2/h3-13H,1-2H3/b12-9+/t13-/m1/s1. The highest BCUT2D eigenvalue weighted by molar-refractivity contribution is 6.30. The molecule has 0 saturated heterocycles. The Labute approximate surface area is 145 Å². The maximum Gasteiger partial charge on any atom is 0.331 e. The SMILES string of the molecule is COc1ccccc1/C=C/C(=O)O[C@H](C)C(=O)c1ccc(Cl)cc1. The maximum atomic E-state index is 12.2. The van der Waals surface area contributed by atoms with E-state index < -0.39 is 12.1 Å². The van der Waals surface area contributed by atoms with Crippen molar-refractivity contribution in [1.29, 1.82) is 0 Å². The fraction of sp³-hybridized carbons (Fsp3) is 0.158. The van der Waals surface area contributed by atoms with Crippen LogP contribution in [0.3, 0.4) is 0 Å². The summed E-state index contributed by atoms with van der Waals surface area (Å²) in [5.74, 6) is -0.242. The number of carbonyl (C=O) groups excluding carboxylic acids is 2. The summed E-state index contributed by atoms with van der Waals surface area (Å²) in [7, 11) is 1.55. The second kappa shape index (κ2) is 8.31. The zero-order chi connectivity index (χ0) is 17.5. The Morgan fingerprint density at radius 3 is 2.42 bits per heavy atom. The molecule has 24 heavy (non-hydrogen) atoms. The summed E-state index contributed by atoms with van der Waals surface area (Å²) < 4.78 is 10.3. The highest BCUT2D eigenvalue weighted by Crippen LogP contribution is 2.19. The fourth-order valence-electron chi connectivity index (χ4n) is 2.08. The Kier molecular flexibility index (Phi) is 6.15. The van der Waals surface area contributed by atoms with Crippen LogP contribution in [0.5, 0.6) is 5.75 Å². The minimum Gasteiger partial charge on any atom is -0.496 e. The van der Waals surface area contributed by atoms with Gasteiger partial charge in [0.2, 0.25) is 5.78 Å². The van der Waals surface area contributed by atoms with Crippen LogP contribution in [0.4, 0.5) is 0 Å². The smallest absolute Gasteiger partial charge is 0.331 e. The highest BCUT2D eigenvalue weighted by atomic mass is 35.5. The third kappa shape index (κ3) is 4.70. The van der Waals surface area contributed by atoms with E-state index in [0.717, 1.165) is 5.56 Å². The monoisotopic (exact) mass is 344 g/mol. The number of para-hydroxylation sites is 1. The van der Waals surface area contributed by atoms with E-state index in [1.54, 1.807) is 43.5 Å². The first-order valence-electron chi connectivity index (χ1n) is 7.32. The maximum absolute atomic E-state index is 12.2. The van der Waals surface area contributed by atoms with E-state index in [0.29, 0.717) is 16.3 Å². The molecule has 2 aromatic carbocycles. The van der Waals surface area contributed by atoms with Crippen molar-refractivity contribution in [3.05, 3.63) is 70.8 Å². The molecule has 0 N–H and O–H groups in total. The van der Waals surface area contributed by atoms with Crippen molar-refractivity contribution >= 4 is 29.4 Å². The molecule has 4 nitrogen and oxygen atoms in total. The second-order valence-electron chi connectivity index (χ2n) is 5.03. The van der Waals surface area contributed by atoms with Gasteiger partial charge in [-0.1, -0.05) is 29.8 Å².